The highest BCUT2D eigenvalue weighted by molar-refractivity contribution is 14.0. The van der Waals surface area contributed by atoms with Crippen molar-refractivity contribution in [1.82, 2.24) is 25.2 Å². The Morgan fingerprint density at radius 2 is 1.96 bits per heavy atom. The van der Waals surface area contributed by atoms with Crippen LogP contribution in [0.15, 0.2) is 53.7 Å². The van der Waals surface area contributed by atoms with Crippen molar-refractivity contribution in [2.24, 2.45) is 4.99 Å². The summed E-state index contributed by atoms with van der Waals surface area (Å²) in [6.07, 6.45) is 2.68. The van der Waals surface area contributed by atoms with E-state index >= 15 is 0 Å². The van der Waals surface area contributed by atoms with Crippen molar-refractivity contribution in [2.45, 2.75) is 26.3 Å². The fraction of sp³-hybridized carbons (Fsp3) is 0.316. The topological polar surface area (TPSA) is 66.6 Å². The maximum absolute atomic E-state index is 6.29. The molecular weight excluding hydrogens is 475 g/mol. The number of pyridine rings is 1. The van der Waals surface area contributed by atoms with Gasteiger partial charge in [0, 0.05) is 30.7 Å². The molecule has 0 bridgehead atoms. The number of guanidine groups is 1. The third kappa shape index (κ3) is 5.55. The summed E-state index contributed by atoms with van der Waals surface area (Å²) in [6, 6.07) is 13.8. The van der Waals surface area contributed by atoms with E-state index in [0.717, 1.165) is 34.6 Å². The predicted molar refractivity (Wildman–Crippen MR) is 121 cm³/mol. The molecule has 2 N–H and O–H groups in total. The lowest BCUT2D eigenvalue weighted by Gasteiger charge is -2.19. The van der Waals surface area contributed by atoms with Crippen LogP contribution in [0.25, 0.3) is 5.65 Å². The molecule has 3 aromatic rings. The number of halogens is 2. The second-order valence-electron chi connectivity index (χ2n) is 5.94. The molecule has 8 heteroatoms. The molecule has 3 rings (SSSR count). The highest BCUT2D eigenvalue weighted by Gasteiger charge is 2.11. The number of aliphatic imine (C=N–C) groups is 1. The lowest BCUT2D eigenvalue weighted by Crippen LogP contribution is -2.39. The molecule has 1 atom stereocenters. The minimum absolute atomic E-state index is 0. The number of aromatic nitrogens is 3. The summed E-state index contributed by atoms with van der Waals surface area (Å²) in [6.45, 7) is 5.51. The van der Waals surface area contributed by atoms with Gasteiger partial charge in [-0.3, -0.25) is 9.39 Å². The van der Waals surface area contributed by atoms with Crippen molar-refractivity contribution in [3.05, 3.63) is 65.1 Å². The molecular formula is C19H24ClIN6. The van der Waals surface area contributed by atoms with Gasteiger partial charge in [0.2, 0.25) is 0 Å². The van der Waals surface area contributed by atoms with Gasteiger partial charge >= 0.3 is 0 Å². The molecule has 27 heavy (non-hydrogen) atoms. The lowest BCUT2D eigenvalue weighted by molar-refractivity contribution is 0.685. The summed E-state index contributed by atoms with van der Waals surface area (Å²) in [4.78, 5) is 4.66. The smallest absolute Gasteiger partial charge is 0.191 e. The third-order valence-electron chi connectivity index (χ3n) is 4.06. The van der Waals surface area contributed by atoms with Crippen molar-refractivity contribution in [3.63, 3.8) is 0 Å². The van der Waals surface area contributed by atoms with E-state index < -0.39 is 0 Å². The van der Waals surface area contributed by atoms with Crippen LogP contribution >= 0.6 is 35.6 Å². The van der Waals surface area contributed by atoms with Crippen LogP contribution in [-0.4, -0.2) is 33.6 Å². The molecule has 6 nitrogen and oxygen atoms in total. The molecule has 0 fully saturated rings. The van der Waals surface area contributed by atoms with Crippen LogP contribution in [0.1, 0.15) is 31.3 Å². The average molecular weight is 499 g/mol. The van der Waals surface area contributed by atoms with Gasteiger partial charge in [-0.2, -0.15) is 0 Å². The lowest BCUT2D eigenvalue weighted by atomic mass is 10.1. The highest BCUT2D eigenvalue weighted by atomic mass is 127. The van der Waals surface area contributed by atoms with Gasteiger partial charge in [0.05, 0.1) is 6.04 Å². The van der Waals surface area contributed by atoms with Crippen LogP contribution in [0.2, 0.25) is 5.02 Å². The largest absolute Gasteiger partial charge is 0.357 e. The van der Waals surface area contributed by atoms with Gasteiger partial charge in [-0.25, -0.2) is 0 Å². The van der Waals surface area contributed by atoms with E-state index in [1.807, 2.05) is 60.0 Å². The molecule has 0 saturated heterocycles. The SMILES string of the molecule is CCNC(=NCCc1nnc2ccccn12)NC(C)c1ccccc1Cl.I. The Labute approximate surface area is 181 Å². The zero-order valence-corrected chi connectivity index (χ0v) is 18.5. The normalized spacial score (nSPS) is 12.5. The molecule has 2 heterocycles. The number of fused-ring (bicyclic) bond motifs is 1. The van der Waals surface area contributed by atoms with E-state index in [1.165, 1.54) is 0 Å². The summed E-state index contributed by atoms with van der Waals surface area (Å²) >= 11 is 6.29. The Bertz CT molecular complexity index is 895. The van der Waals surface area contributed by atoms with Gasteiger partial charge < -0.3 is 10.6 Å². The summed E-state index contributed by atoms with van der Waals surface area (Å²) in [5.74, 6) is 1.66. The molecule has 0 saturated carbocycles. The summed E-state index contributed by atoms with van der Waals surface area (Å²) in [5, 5.41) is 15.8. The Kier molecular flexibility index (Phi) is 8.30. The zero-order valence-electron chi connectivity index (χ0n) is 15.4. The number of nitrogens with one attached hydrogen (secondary N) is 2. The van der Waals surface area contributed by atoms with Crippen LogP contribution in [0, 0.1) is 0 Å². The van der Waals surface area contributed by atoms with Gasteiger partial charge in [0.25, 0.3) is 0 Å². The first-order valence-electron chi connectivity index (χ1n) is 8.77. The third-order valence-corrected chi connectivity index (χ3v) is 4.40. The zero-order chi connectivity index (χ0) is 18.4. The maximum Gasteiger partial charge on any atom is 0.191 e. The fourth-order valence-corrected chi connectivity index (χ4v) is 3.06. The minimum atomic E-state index is 0. The average Bonchev–Trinajstić information content (AvgIpc) is 3.05. The summed E-state index contributed by atoms with van der Waals surface area (Å²) < 4.78 is 1.99. The van der Waals surface area contributed by atoms with Crippen LogP contribution in [0.4, 0.5) is 0 Å². The number of nitrogens with zero attached hydrogens (tertiary/aromatic N) is 4. The monoisotopic (exact) mass is 498 g/mol. The Balaban J connectivity index is 0.00000261. The molecule has 0 aliphatic heterocycles. The van der Waals surface area contributed by atoms with E-state index in [9.17, 15) is 0 Å². The van der Waals surface area contributed by atoms with Gasteiger partial charge in [0.1, 0.15) is 5.82 Å². The number of hydrogen-bond donors (Lipinski definition) is 2. The summed E-state index contributed by atoms with van der Waals surface area (Å²) in [7, 11) is 0. The van der Waals surface area contributed by atoms with Crippen molar-refractivity contribution >= 4 is 47.2 Å². The predicted octanol–water partition coefficient (Wildman–Crippen LogP) is 3.86. The first-order valence-corrected chi connectivity index (χ1v) is 9.14. The van der Waals surface area contributed by atoms with Crippen LogP contribution in [-0.2, 0) is 6.42 Å². The molecule has 2 aromatic heterocycles. The number of hydrogen-bond acceptors (Lipinski definition) is 3. The first kappa shape index (κ1) is 21.4. The van der Waals surface area contributed by atoms with Gasteiger partial charge in [-0.1, -0.05) is 35.9 Å². The number of benzene rings is 1. The Morgan fingerprint density at radius 1 is 1.19 bits per heavy atom. The molecule has 144 valence electrons. The van der Waals surface area contributed by atoms with E-state index in [-0.39, 0.29) is 30.0 Å². The van der Waals surface area contributed by atoms with Crippen LogP contribution in [0.5, 0.6) is 0 Å². The molecule has 0 spiro atoms. The van der Waals surface area contributed by atoms with Crippen molar-refractivity contribution in [3.8, 4) is 0 Å². The van der Waals surface area contributed by atoms with Crippen LogP contribution in [0.3, 0.4) is 0 Å². The Hall–Kier alpha value is -1.87. The van der Waals surface area contributed by atoms with E-state index in [1.54, 1.807) is 0 Å². The van der Waals surface area contributed by atoms with Gasteiger partial charge in [0.15, 0.2) is 11.6 Å². The molecule has 0 aliphatic carbocycles. The van der Waals surface area contributed by atoms with E-state index in [0.29, 0.717) is 13.0 Å². The Morgan fingerprint density at radius 3 is 2.74 bits per heavy atom. The highest BCUT2D eigenvalue weighted by Crippen LogP contribution is 2.21. The summed E-state index contributed by atoms with van der Waals surface area (Å²) in [5.41, 5.74) is 1.90. The minimum Gasteiger partial charge on any atom is -0.357 e. The molecule has 0 aliphatic rings. The van der Waals surface area contributed by atoms with Gasteiger partial charge in [-0.15, -0.1) is 34.2 Å². The van der Waals surface area contributed by atoms with Crippen LogP contribution < -0.4 is 10.6 Å². The molecule has 1 unspecified atom stereocenters. The van der Waals surface area contributed by atoms with E-state index in [2.05, 4.69) is 32.7 Å². The van der Waals surface area contributed by atoms with E-state index in [4.69, 9.17) is 11.6 Å². The number of rotatable bonds is 6. The van der Waals surface area contributed by atoms with Gasteiger partial charge in [-0.05, 0) is 37.6 Å². The molecule has 0 radical (unpaired) electrons. The van der Waals surface area contributed by atoms with Crippen molar-refractivity contribution < 1.29 is 0 Å². The second kappa shape index (κ2) is 10.5. The second-order valence-corrected chi connectivity index (χ2v) is 6.35. The fourth-order valence-electron chi connectivity index (χ4n) is 2.76. The van der Waals surface area contributed by atoms with Crippen molar-refractivity contribution in [2.75, 3.05) is 13.1 Å². The molecule has 1 aromatic carbocycles. The maximum atomic E-state index is 6.29. The standard InChI is InChI=1S/C19H23ClN6.HI/c1-3-21-19(23-14(2)15-8-4-5-9-16(15)20)22-12-11-18-25-24-17-10-6-7-13-26(17)18;/h4-10,13-14H,3,11-12H2,1-2H3,(H2,21,22,23);1H. The quantitative estimate of drug-likeness (QED) is 0.308. The molecule has 0 amide bonds. The van der Waals surface area contributed by atoms with Crippen molar-refractivity contribution in [1.29, 1.82) is 0 Å². The first-order chi connectivity index (χ1) is 12.7.